The van der Waals surface area contributed by atoms with Crippen LogP contribution >= 0.6 is 0 Å². The van der Waals surface area contributed by atoms with Gasteiger partial charge in [-0.1, -0.05) is 0 Å². The van der Waals surface area contributed by atoms with E-state index in [0.717, 1.165) is 56.7 Å². The molecule has 12 heteroatoms. The van der Waals surface area contributed by atoms with Gasteiger partial charge in [0, 0.05) is 30.4 Å². The van der Waals surface area contributed by atoms with Crippen LogP contribution in [0.25, 0.3) is 5.65 Å². The largest absolute Gasteiger partial charge is 0.379 e. The Balaban J connectivity index is 1.35. The number of nitrogens with two attached hydrogens (primary N) is 1. The first-order chi connectivity index (χ1) is 17.3. The zero-order valence-corrected chi connectivity index (χ0v) is 20.0. The van der Waals surface area contributed by atoms with Gasteiger partial charge in [0.25, 0.3) is 5.91 Å². The van der Waals surface area contributed by atoms with Crippen LogP contribution in [-0.4, -0.2) is 55.6 Å². The lowest BCUT2D eigenvalue weighted by molar-refractivity contribution is -0.113. The number of halogens is 1. The number of fused-ring (bicyclic) bond motifs is 1. The summed E-state index contributed by atoms with van der Waals surface area (Å²) in [6, 6.07) is 4.02. The molecule has 6 N–H and O–H groups in total. The van der Waals surface area contributed by atoms with Crippen molar-refractivity contribution in [1.82, 2.24) is 24.9 Å². The Morgan fingerprint density at radius 1 is 1.11 bits per heavy atom. The Morgan fingerprint density at radius 2 is 1.81 bits per heavy atom. The molecule has 0 bridgehead atoms. The van der Waals surface area contributed by atoms with E-state index in [9.17, 15) is 14.0 Å². The van der Waals surface area contributed by atoms with Crippen molar-refractivity contribution in [2.24, 2.45) is 5.73 Å². The molecule has 0 saturated heterocycles. The van der Waals surface area contributed by atoms with Gasteiger partial charge < -0.3 is 21.7 Å². The third kappa shape index (κ3) is 5.44. The average molecular weight is 496 g/mol. The molecule has 5 rings (SSSR count). The molecule has 3 heterocycles. The van der Waals surface area contributed by atoms with Gasteiger partial charge in [-0.15, -0.1) is 5.10 Å². The molecule has 2 saturated carbocycles. The first-order valence-electron chi connectivity index (χ1n) is 12.2. The molecule has 1 atom stereocenters. The molecule has 2 fully saturated rings. The van der Waals surface area contributed by atoms with Crippen LogP contribution < -0.4 is 27.0 Å². The number of anilines is 3. The van der Waals surface area contributed by atoms with Gasteiger partial charge in [0.15, 0.2) is 23.4 Å². The summed E-state index contributed by atoms with van der Waals surface area (Å²) in [5.41, 5.74) is 6.42. The predicted octanol–water partition coefficient (Wildman–Crippen LogP) is 2.28. The summed E-state index contributed by atoms with van der Waals surface area (Å²) in [5, 5.41) is 17.4. The van der Waals surface area contributed by atoms with E-state index in [4.69, 9.17) is 5.73 Å². The standard InChI is InChI=1S/C24H30FN9O2/c1-24(26,13-35)32-16-6-4-15(5-7-16)30-21-10-19(29-14-2-3-14)22-28-12-20(34(22)33-21)23(36)31-18-8-9-27-11-17(18)25/h8-16,29,32H,2-7,26H2,1H3,(H,30,33)(H,27,31,36)/t15?,16?,24-/m0/s1. The Labute approximate surface area is 207 Å². The maximum atomic E-state index is 14.0. The molecule has 36 heavy (non-hydrogen) atoms. The van der Waals surface area contributed by atoms with E-state index in [2.05, 4.69) is 36.3 Å². The molecule has 0 radical (unpaired) electrons. The summed E-state index contributed by atoms with van der Waals surface area (Å²) < 4.78 is 15.5. The molecule has 190 valence electrons. The fourth-order valence-electron chi connectivity index (χ4n) is 4.48. The number of nitrogens with one attached hydrogen (secondary N) is 4. The zero-order valence-electron chi connectivity index (χ0n) is 20.0. The lowest BCUT2D eigenvalue weighted by Gasteiger charge is -2.33. The van der Waals surface area contributed by atoms with E-state index in [-0.39, 0.29) is 23.5 Å². The number of pyridine rings is 1. The minimum absolute atomic E-state index is 0.0316. The van der Waals surface area contributed by atoms with Crippen LogP contribution in [0.1, 0.15) is 55.9 Å². The number of nitrogens with zero attached hydrogens (tertiary/aromatic N) is 4. The van der Waals surface area contributed by atoms with Gasteiger partial charge in [0.2, 0.25) is 0 Å². The maximum absolute atomic E-state index is 14.0. The number of carbonyl (C=O) groups is 2. The van der Waals surface area contributed by atoms with Crippen molar-refractivity contribution in [3.63, 3.8) is 0 Å². The number of amides is 1. The number of aromatic nitrogens is 4. The van der Waals surface area contributed by atoms with E-state index in [1.165, 1.54) is 23.0 Å². The molecular formula is C24H30FN9O2. The quantitative estimate of drug-likeness (QED) is 0.222. The SMILES string of the molecule is C[C@@](N)(C=O)NC1CCC(Nc2cc(NC3CC3)c3ncc(C(=O)Nc4ccncc4F)n3n2)CC1. The molecule has 0 spiro atoms. The molecule has 0 aromatic carbocycles. The van der Waals surface area contributed by atoms with E-state index in [1.807, 2.05) is 6.07 Å². The molecule has 1 amide bonds. The number of aldehydes is 1. The third-order valence-electron chi connectivity index (χ3n) is 6.50. The fraction of sp³-hybridized carbons (Fsp3) is 0.458. The second-order valence-corrected chi connectivity index (χ2v) is 9.79. The molecule has 0 aliphatic heterocycles. The first kappa shape index (κ1) is 24.1. The van der Waals surface area contributed by atoms with Gasteiger partial charge in [0.1, 0.15) is 11.5 Å². The second-order valence-electron chi connectivity index (χ2n) is 9.79. The summed E-state index contributed by atoms with van der Waals surface area (Å²) in [4.78, 5) is 32.2. The predicted molar refractivity (Wildman–Crippen MR) is 133 cm³/mol. The molecule has 3 aromatic rings. The Morgan fingerprint density at radius 3 is 2.50 bits per heavy atom. The molecule has 2 aliphatic carbocycles. The molecule has 0 unspecified atom stereocenters. The average Bonchev–Trinajstić information content (AvgIpc) is 3.57. The zero-order chi connectivity index (χ0) is 25.3. The summed E-state index contributed by atoms with van der Waals surface area (Å²) in [5.74, 6) is -0.541. The van der Waals surface area contributed by atoms with Gasteiger partial charge in [-0.3, -0.25) is 19.9 Å². The summed E-state index contributed by atoms with van der Waals surface area (Å²) in [6.45, 7) is 1.67. The number of carbonyl (C=O) groups excluding carboxylic acids is 2. The highest BCUT2D eigenvalue weighted by molar-refractivity contribution is 6.03. The van der Waals surface area contributed by atoms with E-state index >= 15 is 0 Å². The molecular weight excluding hydrogens is 465 g/mol. The van der Waals surface area contributed by atoms with Crippen molar-refractivity contribution >= 4 is 35.0 Å². The molecule has 2 aliphatic rings. The Kier molecular flexibility index (Phi) is 6.54. The lowest BCUT2D eigenvalue weighted by Crippen LogP contribution is -2.57. The van der Waals surface area contributed by atoms with Crippen LogP contribution in [0.4, 0.5) is 21.6 Å². The third-order valence-corrected chi connectivity index (χ3v) is 6.50. The van der Waals surface area contributed by atoms with Gasteiger partial charge in [-0.2, -0.15) is 0 Å². The van der Waals surface area contributed by atoms with Gasteiger partial charge in [0.05, 0.1) is 23.8 Å². The highest BCUT2D eigenvalue weighted by Crippen LogP contribution is 2.30. The topological polar surface area (TPSA) is 151 Å². The minimum Gasteiger partial charge on any atom is -0.379 e. The first-order valence-corrected chi connectivity index (χ1v) is 12.2. The van der Waals surface area contributed by atoms with Crippen LogP contribution in [0.2, 0.25) is 0 Å². The van der Waals surface area contributed by atoms with Crippen molar-refractivity contribution in [3.8, 4) is 0 Å². The second kappa shape index (κ2) is 9.78. The van der Waals surface area contributed by atoms with E-state index < -0.39 is 17.4 Å². The van der Waals surface area contributed by atoms with Crippen LogP contribution in [0.5, 0.6) is 0 Å². The van der Waals surface area contributed by atoms with E-state index in [0.29, 0.717) is 17.5 Å². The van der Waals surface area contributed by atoms with Crippen LogP contribution in [0, 0.1) is 5.82 Å². The van der Waals surface area contributed by atoms with Crippen LogP contribution in [0.15, 0.2) is 30.7 Å². The summed E-state index contributed by atoms with van der Waals surface area (Å²) >= 11 is 0. The van der Waals surface area contributed by atoms with Crippen molar-refractivity contribution in [2.75, 3.05) is 16.0 Å². The smallest absolute Gasteiger partial charge is 0.276 e. The van der Waals surface area contributed by atoms with Crippen molar-refractivity contribution in [2.45, 2.75) is 69.2 Å². The van der Waals surface area contributed by atoms with E-state index in [1.54, 1.807) is 6.92 Å². The molecule has 11 nitrogen and oxygen atoms in total. The highest BCUT2D eigenvalue weighted by atomic mass is 19.1. The lowest BCUT2D eigenvalue weighted by atomic mass is 9.90. The molecule has 3 aromatic heterocycles. The number of rotatable bonds is 9. The van der Waals surface area contributed by atoms with Crippen LogP contribution in [0.3, 0.4) is 0 Å². The normalized spacial score (nSPS) is 21.5. The summed E-state index contributed by atoms with van der Waals surface area (Å²) in [6.07, 6.45) is 10.2. The monoisotopic (exact) mass is 495 g/mol. The van der Waals surface area contributed by atoms with Gasteiger partial charge in [-0.25, -0.2) is 13.9 Å². The summed E-state index contributed by atoms with van der Waals surface area (Å²) in [7, 11) is 0. The number of imidazole rings is 1. The van der Waals surface area contributed by atoms with Crippen LogP contribution in [-0.2, 0) is 4.79 Å². The Hall–Kier alpha value is -3.64. The fourth-order valence-corrected chi connectivity index (χ4v) is 4.48. The van der Waals surface area contributed by atoms with Crippen molar-refractivity contribution in [1.29, 1.82) is 0 Å². The number of hydrogen-bond donors (Lipinski definition) is 5. The minimum atomic E-state index is -1.03. The Bertz CT molecular complexity index is 1270. The van der Waals surface area contributed by atoms with Gasteiger partial charge >= 0.3 is 0 Å². The maximum Gasteiger partial charge on any atom is 0.276 e. The van der Waals surface area contributed by atoms with Crippen molar-refractivity contribution < 1.29 is 14.0 Å². The highest BCUT2D eigenvalue weighted by Gasteiger charge is 2.28. The van der Waals surface area contributed by atoms with Gasteiger partial charge in [-0.05, 0) is 51.5 Å². The number of hydrogen-bond acceptors (Lipinski definition) is 9. The van der Waals surface area contributed by atoms with Crippen molar-refractivity contribution in [3.05, 3.63) is 42.2 Å².